The van der Waals surface area contributed by atoms with Gasteiger partial charge < -0.3 is 10.1 Å². The first kappa shape index (κ1) is 15.5. The topological polar surface area (TPSA) is 38.3 Å². The summed E-state index contributed by atoms with van der Waals surface area (Å²) in [5, 5.41) is 2.76. The number of hydrogen-bond donors (Lipinski definition) is 1. The van der Waals surface area contributed by atoms with Crippen molar-refractivity contribution in [1.82, 2.24) is 5.32 Å². The number of halogens is 2. The Kier molecular flexibility index (Phi) is 5.72. The van der Waals surface area contributed by atoms with Gasteiger partial charge in [-0.1, -0.05) is 23.8 Å². The standard InChI is InChI=1S/C16H19F2NO2/c17-16(18)21-14-9-5-4-8-13(14)15(20)19-11-10-12-6-2-1-3-7-12/h4-6,8-9,16H,1-3,7,10-11H2,(H,19,20). The maximum Gasteiger partial charge on any atom is 0.387 e. The van der Waals surface area contributed by atoms with Crippen molar-refractivity contribution in [1.29, 1.82) is 0 Å². The van der Waals surface area contributed by atoms with Crippen molar-refractivity contribution in [2.45, 2.75) is 38.7 Å². The minimum absolute atomic E-state index is 0.0955. The first-order valence-corrected chi connectivity index (χ1v) is 7.17. The molecule has 0 heterocycles. The number of allylic oxidation sites excluding steroid dienone is 1. The second-order valence-corrected chi connectivity index (χ2v) is 4.99. The van der Waals surface area contributed by atoms with Crippen LogP contribution in [-0.2, 0) is 0 Å². The van der Waals surface area contributed by atoms with Gasteiger partial charge in [0.1, 0.15) is 5.75 Å². The van der Waals surface area contributed by atoms with Gasteiger partial charge in [0.15, 0.2) is 0 Å². The monoisotopic (exact) mass is 295 g/mol. The van der Waals surface area contributed by atoms with Gasteiger partial charge >= 0.3 is 6.61 Å². The van der Waals surface area contributed by atoms with Gasteiger partial charge in [-0.2, -0.15) is 8.78 Å². The van der Waals surface area contributed by atoms with E-state index in [1.165, 1.54) is 30.5 Å². The summed E-state index contributed by atoms with van der Waals surface area (Å²) in [6.45, 7) is -2.43. The van der Waals surface area contributed by atoms with Crippen LogP contribution in [0, 0.1) is 0 Å². The Balaban J connectivity index is 1.89. The molecule has 0 aliphatic heterocycles. The molecule has 3 nitrogen and oxygen atoms in total. The molecule has 114 valence electrons. The molecule has 0 aromatic heterocycles. The maximum absolute atomic E-state index is 12.3. The molecule has 1 N–H and O–H groups in total. The molecule has 1 aliphatic rings. The van der Waals surface area contributed by atoms with Crippen molar-refractivity contribution in [2.24, 2.45) is 0 Å². The smallest absolute Gasteiger partial charge is 0.387 e. The van der Waals surface area contributed by atoms with Crippen LogP contribution in [0.4, 0.5) is 8.78 Å². The predicted octanol–water partition coefficient (Wildman–Crippen LogP) is 3.91. The molecule has 0 unspecified atom stereocenters. The van der Waals surface area contributed by atoms with E-state index >= 15 is 0 Å². The summed E-state index contributed by atoms with van der Waals surface area (Å²) in [4.78, 5) is 12.0. The first-order valence-electron chi connectivity index (χ1n) is 7.17. The normalized spacial score (nSPS) is 14.7. The minimum Gasteiger partial charge on any atom is -0.434 e. The van der Waals surface area contributed by atoms with E-state index in [-0.39, 0.29) is 17.2 Å². The minimum atomic E-state index is -2.94. The molecule has 0 atom stereocenters. The number of rotatable bonds is 6. The molecule has 5 heteroatoms. The third-order valence-electron chi connectivity index (χ3n) is 3.46. The van der Waals surface area contributed by atoms with Gasteiger partial charge in [-0.05, 0) is 44.2 Å². The maximum atomic E-state index is 12.3. The number of amides is 1. The van der Waals surface area contributed by atoms with Crippen LogP contribution in [0.3, 0.4) is 0 Å². The molecular formula is C16H19F2NO2. The Labute approximate surface area is 123 Å². The van der Waals surface area contributed by atoms with E-state index in [0.717, 1.165) is 19.3 Å². The molecule has 0 spiro atoms. The summed E-state index contributed by atoms with van der Waals surface area (Å²) in [6.07, 6.45) is 7.65. The van der Waals surface area contributed by atoms with Gasteiger partial charge in [-0.3, -0.25) is 4.79 Å². The van der Waals surface area contributed by atoms with E-state index in [0.29, 0.717) is 6.54 Å². The van der Waals surface area contributed by atoms with Crippen molar-refractivity contribution in [3.8, 4) is 5.75 Å². The Hall–Kier alpha value is -1.91. The highest BCUT2D eigenvalue weighted by Crippen LogP contribution is 2.21. The second kappa shape index (κ2) is 7.76. The predicted molar refractivity (Wildman–Crippen MR) is 76.6 cm³/mol. The number of nitrogens with one attached hydrogen (secondary N) is 1. The van der Waals surface area contributed by atoms with E-state index in [1.807, 2.05) is 0 Å². The summed E-state index contributed by atoms with van der Waals surface area (Å²) in [7, 11) is 0. The zero-order chi connectivity index (χ0) is 15.1. The zero-order valence-corrected chi connectivity index (χ0v) is 11.8. The fourth-order valence-electron chi connectivity index (χ4n) is 2.42. The Morgan fingerprint density at radius 1 is 1.29 bits per heavy atom. The number of carbonyl (C=O) groups excluding carboxylic acids is 1. The van der Waals surface area contributed by atoms with Gasteiger partial charge in [0.2, 0.25) is 0 Å². The van der Waals surface area contributed by atoms with E-state index in [9.17, 15) is 13.6 Å². The molecule has 1 aromatic carbocycles. The van der Waals surface area contributed by atoms with E-state index < -0.39 is 6.61 Å². The van der Waals surface area contributed by atoms with Gasteiger partial charge in [0.25, 0.3) is 5.91 Å². The summed E-state index contributed by atoms with van der Waals surface area (Å²) in [5.41, 5.74) is 1.49. The number of benzene rings is 1. The molecule has 0 saturated heterocycles. The molecule has 1 amide bonds. The summed E-state index contributed by atoms with van der Waals surface area (Å²) < 4.78 is 29.0. The highest BCUT2D eigenvalue weighted by atomic mass is 19.3. The average Bonchev–Trinajstić information content (AvgIpc) is 2.48. The van der Waals surface area contributed by atoms with Crippen LogP contribution < -0.4 is 10.1 Å². The molecule has 0 bridgehead atoms. The lowest BCUT2D eigenvalue weighted by atomic mass is 9.97. The fourth-order valence-corrected chi connectivity index (χ4v) is 2.42. The van der Waals surface area contributed by atoms with Gasteiger partial charge in [-0.25, -0.2) is 0 Å². The van der Waals surface area contributed by atoms with Crippen LogP contribution in [0.2, 0.25) is 0 Å². The zero-order valence-electron chi connectivity index (χ0n) is 11.8. The molecule has 1 aliphatic carbocycles. The highest BCUT2D eigenvalue weighted by Gasteiger charge is 2.15. The molecule has 0 fully saturated rings. The summed E-state index contributed by atoms with van der Waals surface area (Å²) in [6, 6.07) is 6.02. The number of ether oxygens (including phenoxy) is 1. The van der Waals surface area contributed by atoms with Crippen LogP contribution in [0.1, 0.15) is 42.5 Å². The lowest BCUT2D eigenvalue weighted by Gasteiger charge is -2.14. The summed E-state index contributed by atoms with van der Waals surface area (Å²) >= 11 is 0. The number of carbonyl (C=O) groups is 1. The Morgan fingerprint density at radius 2 is 2.10 bits per heavy atom. The molecular weight excluding hydrogens is 276 g/mol. The van der Waals surface area contributed by atoms with Crippen LogP contribution in [0.5, 0.6) is 5.75 Å². The number of alkyl halides is 2. The molecule has 0 radical (unpaired) electrons. The fraction of sp³-hybridized carbons (Fsp3) is 0.438. The van der Waals surface area contributed by atoms with Crippen LogP contribution in [0.15, 0.2) is 35.9 Å². The van der Waals surface area contributed by atoms with Crippen molar-refractivity contribution < 1.29 is 18.3 Å². The van der Waals surface area contributed by atoms with Crippen LogP contribution >= 0.6 is 0 Å². The summed E-state index contributed by atoms with van der Waals surface area (Å²) in [5.74, 6) is -0.482. The molecule has 1 aromatic rings. The van der Waals surface area contributed by atoms with Crippen LogP contribution in [0.25, 0.3) is 0 Å². The Morgan fingerprint density at radius 3 is 2.81 bits per heavy atom. The van der Waals surface area contributed by atoms with E-state index in [1.54, 1.807) is 12.1 Å². The number of hydrogen-bond acceptors (Lipinski definition) is 2. The van der Waals surface area contributed by atoms with Crippen molar-refractivity contribution in [3.05, 3.63) is 41.5 Å². The lowest BCUT2D eigenvalue weighted by Crippen LogP contribution is -2.25. The molecule has 21 heavy (non-hydrogen) atoms. The second-order valence-electron chi connectivity index (χ2n) is 4.99. The van der Waals surface area contributed by atoms with Gasteiger partial charge in [-0.15, -0.1) is 0 Å². The molecule has 2 rings (SSSR count). The third-order valence-corrected chi connectivity index (χ3v) is 3.46. The number of para-hydroxylation sites is 1. The lowest BCUT2D eigenvalue weighted by molar-refractivity contribution is -0.0501. The largest absolute Gasteiger partial charge is 0.434 e. The van der Waals surface area contributed by atoms with Crippen molar-refractivity contribution in [3.63, 3.8) is 0 Å². The van der Waals surface area contributed by atoms with Gasteiger partial charge in [0.05, 0.1) is 5.56 Å². The Bertz CT molecular complexity index is 515. The quantitative estimate of drug-likeness (QED) is 0.808. The average molecular weight is 295 g/mol. The van der Waals surface area contributed by atoms with E-state index in [4.69, 9.17) is 0 Å². The van der Waals surface area contributed by atoms with Gasteiger partial charge in [0, 0.05) is 6.54 Å². The SMILES string of the molecule is O=C(NCCC1=CCCCC1)c1ccccc1OC(F)F. The highest BCUT2D eigenvalue weighted by molar-refractivity contribution is 5.96. The first-order chi connectivity index (χ1) is 10.2. The third kappa shape index (κ3) is 4.85. The van der Waals surface area contributed by atoms with E-state index in [2.05, 4.69) is 16.1 Å². The van der Waals surface area contributed by atoms with Crippen molar-refractivity contribution in [2.75, 3.05) is 6.54 Å². The van der Waals surface area contributed by atoms with Crippen molar-refractivity contribution >= 4 is 5.91 Å². The molecule has 0 saturated carbocycles. The van der Waals surface area contributed by atoms with Crippen LogP contribution in [-0.4, -0.2) is 19.1 Å².